The largest absolute Gasteiger partial charge is 1.00 e. The molecule has 0 aliphatic rings. The van der Waals surface area contributed by atoms with Gasteiger partial charge in [-0.15, -0.1) is 12.1 Å². The maximum Gasteiger partial charge on any atom is 1.00 e. The Labute approximate surface area is 119 Å². The van der Waals surface area contributed by atoms with E-state index in [1.54, 1.807) is 0 Å². The molecule has 0 aromatic heterocycles. The van der Waals surface area contributed by atoms with Crippen molar-refractivity contribution in [1.82, 2.24) is 0 Å². The Morgan fingerprint density at radius 1 is 1.50 bits per heavy atom. The summed E-state index contributed by atoms with van der Waals surface area (Å²) in [5.74, 6) is -0.0135. The van der Waals surface area contributed by atoms with Gasteiger partial charge in [-0.05, 0) is 9.39 Å². The zero-order chi connectivity index (χ0) is 11.3. The molecule has 0 heterocycles. The van der Waals surface area contributed by atoms with Crippen LogP contribution in [0, 0.1) is 6.07 Å². The minimum atomic E-state index is -4.56. The topological polar surface area (TPSA) is 85.2 Å². The minimum Gasteiger partial charge on any atom is -0.446 e. The Hall–Kier alpha value is 0.260. The normalized spacial score (nSPS) is 10.9. The van der Waals surface area contributed by atoms with E-state index in [-0.39, 0.29) is 49.7 Å². The summed E-state index contributed by atoms with van der Waals surface area (Å²) < 4.78 is 42.2. The molecule has 0 spiro atoms. The fraction of sp³-hybridized carbons (Fsp3) is 0. The Bertz CT molecular complexity index is 466. The molecule has 1 unspecified atom stereocenters. The van der Waals surface area contributed by atoms with Crippen LogP contribution in [0.25, 0.3) is 0 Å². The van der Waals surface area contributed by atoms with Crippen LogP contribution in [0.3, 0.4) is 0 Å². The molecular formula is C6H6NNaO5P2S. The first-order valence-electron chi connectivity index (χ1n) is 3.47. The van der Waals surface area contributed by atoms with Crippen LogP contribution >= 0.6 is 18.0 Å². The molecule has 0 saturated carbocycles. The van der Waals surface area contributed by atoms with Crippen molar-refractivity contribution in [3.05, 3.63) is 24.3 Å². The molecular weight excluding hydrogens is 283 g/mol. The molecule has 0 radical (unpaired) electrons. The van der Waals surface area contributed by atoms with Crippen molar-refractivity contribution in [3.8, 4) is 11.5 Å². The van der Waals surface area contributed by atoms with Crippen molar-refractivity contribution in [2.75, 3.05) is 0 Å². The summed E-state index contributed by atoms with van der Waals surface area (Å²) in [5, 5.41) is 0. The van der Waals surface area contributed by atoms with Crippen LogP contribution in [0.2, 0.25) is 0 Å². The van der Waals surface area contributed by atoms with Crippen LogP contribution in [0.1, 0.15) is 0 Å². The molecule has 10 heteroatoms. The van der Waals surface area contributed by atoms with Gasteiger partial charge in [0.2, 0.25) is 8.60 Å². The van der Waals surface area contributed by atoms with Gasteiger partial charge in [0, 0.05) is 0 Å². The summed E-state index contributed by atoms with van der Waals surface area (Å²) in [7, 11) is -2.23. The van der Waals surface area contributed by atoms with E-state index >= 15 is 0 Å². The summed E-state index contributed by atoms with van der Waals surface area (Å²) in [4.78, 5) is 0. The summed E-state index contributed by atoms with van der Waals surface area (Å²) in [6.07, 6.45) is 0. The van der Waals surface area contributed by atoms with Crippen molar-refractivity contribution in [1.29, 1.82) is 0 Å². The Morgan fingerprint density at radius 3 is 2.75 bits per heavy atom. The second-order valence-electron chi connectivity index (χ2n) is 2.17. The quantitative estimate of drug-likeness (QED) is 0.329. The maximum atomic E-state index is 10.5. The molecule has 0 saturated heterocycles. The molecule has 0 fully saturated rings. The fourth-order valence-corrected chi connectivity index (χ4v) is 1.51. The second-order valence-corrected chi connectivity index (χ2v) is 4.46. The van der Waals surface area contributed by atoms with E-state index in [2.05, 4.69) is 24.2 Å². The van der Waals surface area contributed by atoms with Crippen LogP contribution in [-0.2, 0) is 10.4 Å². The smallest absolute Gasteiger partial charge is 0.446 e. The van der Waals surface area contributed by atoms with Crippen molar-refractivity contribution in [3.63, 3.8) is 0 Å². The van der Waals surface area contributed by atoms with Gasteiger partial charge in [0.15, 0.2) is 0 Å². The molecule has 6 nitrogen and oxygen atoms in total. The third-order valence-electron chi connectivity index (χ3n) is 1.17. The van der Waals surface area contributed by atoms with Crippen LogP contribution in [0.4, 0.5) is 0 Å². The molecule has 82 valence electrons. The van der Waals surface area contributed by atoms with Crippen molar-refractivity contribution >= 4 is 28.4 Å². The molecule has 1 atom stereocenters. The minimum absolute atomic E-state index is 0. The number of benzene rings is 1. The molecule has 16 heavy (non-hydrogen) atoms. The molecule has 1 aromatic carbocycles. The first-order chi connectivity index (χ1) is 7.03. The molecule has 1 N–H and O–H groups in total. The van der Waals surface area contributed by atoms with Crippen molar-refractivity contribution in [2.45, 2.75) is 0 Å². The van der Waals surface area contributed by atoms with E-state index in [4.69, 9.17) is 9.08 Å². The summed E-state index contributed by atoms with van der Waals surface area (Å²) in [6.45, 7) is 0. The van der Waals surface area contributed by atoms with Gasteiger partial charge < -0.3 is 8.71 Å². The summed E-state index contributed by atoms with van der Waals surface area (Å²) in [6, 6.07) is 6.74. The van der Waals surface area contributed by atoms with Gasteiger partial charge in [0.25, 0.3) is 0 Å². The van der Waals surface area contributed by atoms with E-state index in [0.29, 0.717) is 0 Å². The molecule has 0 aliphatic carbocycles. The van der Waals surface area contributed by atoms with Crippen LogP contribution in [0.15, 0.2) is 22.7 Å². The zero-order valence-electron chi connectivity index (χ0n) is 8.19. The third kappa shape index (κ3) is 6.11. The predicted molar refractivity (Wildman–Crippen MR) is 57.1 cm³/mol. The zero-order valence-corrected chi connectivity index (χ0v) is 13.1. The molecule has 1 rings (SSSR count). The number of nitrogens with zero attached hydrogens (tertiary/aromatic N) is 1. The van der Waals surface area contributed by atoms with E-state index in [1.807, 2.05) is 0 Å². The maximum absolute atomic E-state index is 10.5. The Balaban J connectivity index is 0.00000225. The van der Waals surface area contributed by atoms with Gasteiger partial charge in [-0.1, -0.05) is 0 Å². The monoisotopic (exact) mass is 289 g/mol. The summed E-state index contributed by atoms with van der Waals surface area (Å²) in [5.41, 5.74) is 0. The molecule has 0 bridgehead atoms. The second kappa shape index (κ2) is 7.56. The van der Waals surface area contributed by atoms with Gasteiger partial charge in [0.05, 0.1) is 11.5 Å². The fourth-order valence-electron chi connectivity index (χ4n) is 0.722. The first kappa shape index (κ1) is 16.3. The van der Waals surface area contributed by atoms with Gasteiger partial charge >= 0.3 is 40.0 Å². The average molecular weight is 289 g/mol. The Morgan fingerprint density at radius 2 is 2.19 bits per heavy atom. The molecule has 1 aromatic rings. The molecule has 0 aliphatic heterocycles. The number of hydrogen-bond acceptors (Lipinski definition) is 5. The first-order valence-corrected chi connectivity index (χ1v) is 6.12. The van der Waals surface area contributed by atoms with Gasteiger partial charge in [-0.2, -0.15) is 20.6 Å². The van der Waals surface area contributed by atoms with Crippen LogP contribution < -0.4 is 38.3 Å². The van der Waals surface area contributed by atoms with Gasteiger partial charge in [-0.25, -0.2) is 4.52 Å². The molecule has 0 amide bonds. The van der Waals surface area contributed by atoms with E-state index in [1.165, 1.54) is 18.2 Å². The van der Waals surface area contributed by atoms with Gasteiger partial charge in [0.1, 0.15) is 0 Å². The third-order valence-corrected chi connectivity index (χ3v) is 2.22. The average Bonchev–Trinajstić information content (AvgIpc) is 2.14. The predicted octanol–water partition coefficient (Wildman–Crippen LogP) is -1.11. The van der Waals surface area contributed by atoms with E-state index in [0.717, 1.165) is 0 Å². The van der Waals surface area contributed by atoms with Crippen LogP contribution in [-0.4, -0.2) is 13.0 Å². The van der Waals surface area contributed by atoms with Crippen molar-refractivity contribution < 1.29 is 51.2 Å². The van der Waals surface area contributed by atoms with Gasteiger partial charge in [-0.3, -0.25) is 4.55 Å². The van der Waals surface area contributed by atoms with E-state index < -0.39 is 10.4 Å². The number of hydrogen-bond donors (Lipinski definition) is 1. The Kier molecular flexibility index (Phi) is 7.68. The number of rotatable bonds is 4. The summed E-state index contributed by atoms with van der Waals surface area (Å²) >= 11 is 0. The SMILES string of the molecule is O=S(=O)(O)Oc1c[c-]ccc1OP=NP.[Na+]. The van der Waals surface area contributed by atoms with Crippen LogP contribution in [0.5, 0.6) is 11.5 Å². The standard InChI is InChI=1S/C6H6NO5P2S.Na/c8-15(9,10)12-6-4-2-1-3-5(6)11-14-7-13;/h1,3-4H,13H2,(H,8,9,10);/q-1;+1. The van der Waals surface area contributed by atoms with Crippen molar-refractivity contribution in [2.24, 2.45) is 4.52 Å². The van der Waals surface area contributed by atoms with E-state index in [9.17, 15) is 8.42 Å².